The van der Waals surface area contributed by atoms with E-state index in [0.29, 0.717) is 0 Å². The molecule has 3 aromatic carbocycles. The van der Waals surface area contributed by atoms with Gasteiger partial charge in [-0.15, -0.1) is 0 Å². The Labute approximate surface area is 264 Å². The molecule has 1 heterocycles. The van der Waals surface area contributed by atoms with E-state index in [2.05, 4.69) is 75.1 Å². The smallest absolute Gasteiger partial charge is 0.407 e. The van der Waals surface area contributed by atoms with Crippen molar-refractivity contribution in [2.24, 2.45) is 0 Å². The van der Waals surface area contributed by atoms with Crippen LogP contribution in [-0.4, -0.2) is 34.8 Å². The lowest BCUT2D eigenvalue weighted by Crippen LogP contribution is -2.42. The molecule has 1 amide bonds. The molecule has 6 nitrogen and oxygen atoms in total. The number of fused-ring (bicyclic) bond motifs is 4. The van der Waals surface area contributed by atoms with Crippen molar-refractivity contribution in [2.45, 2.75) is 18.4 Å². The Morgan fingerprint density at radius 1 is 0.975 bits per heavy atom. The van der Waals surface area contributed by atoms with Crippen molar-refractivity contribution in [3.05, 3.63) is 94.7 Å². The van der Waals surface area contributed by atoms with E-state index in [0.717, 1.165) is 49.8 Å². The fraction of sp³-hybridized carbons (Fsp3) is 0.133. The average Bonchev–Trinajstić information content (AvgIpc) is 3.51. The standard InChI is InChI=1S/C30H20I2N2O4S2/c31-39-11-9-18-5-7-22-23-8-6-19(10-12-40-32)14-25(23)26(24(22)13-18)17-38-30(37)34-28(29(35)36)15-20-16-33-27-4-2-1-3-21(20)27/h1-8,13-14,16,26,28,33H,15,17H2,(H,34,37)(H,35,36)/t28-/m0/s1. The van der Waals surface area contributed by atoms with Crippen LogP contribution in [0, 0.1) is 22.3 Å². The summed E-state index contributed by atoms with van der Waals surface area (Å²) < 4.78 is 5.67. The van der Waals surface area contributed by atoms with Crippen LogP contribution in [0.25, 0.3) is 22.0 Å². The van der Waals surface area contributed by atoms with Gasteiger partial charge in [0.1, 0.15) is 12.6 Å². The molecule has 10 heteroatoms. The van der Waals surface area contributed by atoms with Crippen molar-refractivity contribution >= 4 is 83.2 Å². The second-order valence-corrected chi connectivity index (χ2v) is 12.3. The quantitative estimate of drug-likeness (QED) is 0.139. The third-order valence-electron chi connectivity index (χ3n) is 6.68. The van der Waals surface area contributed by atoms with Crippen LogP contribution in [0.2, 0.25) is 0 Å². The second-order valence-electron chi connectivity index (χ2n) is 8.96. The maximum atomic E-state index is 12.9. The monoisotopic (exact) mass is 790 g/mol. The number of halogens is 2. The molecule has 3 N–H and O–H groups in total. The fourth-order valence-corrected chi connectivity index (χ4v) is 5.89. The van der Waals surface area contributed by atoms with Crippen LogP contribution in [0.4, 0.5) is 4.79 Å². The average molecular weight is 790 g/mol. The van der Waals surface area contributed by atoms with Gasteiger partial charge in [-0.2, -0.15) is 0 Å². The van der Waals surface area contributed by atoms with E-state index in [1.165, 1.54) is 17.9 Å². The first-order valence-corrected chi connectivity index (χ1v) is 18.8. The number of nitrogens with one attached hydrogen (secondary N) is 2. The first kappa shape index (κ1) is 28.7. The maximum absolute atomic E-state index is 12.9. The van der Waals surface area contributed by atoms with Crippen LogP contribution < -0.4 is 5.32 Å². The molecule has 0 aliphatic heterocycles. The lowest BCUT2D eigenvalue weighted by atomic mass is 9.96. The lowest BCUT2D eigenvalue weighted by molar-refractivity contribution is -0.139. The number of aromatic amines is 1. The third-order valence-corrected chi connectivity index (χ3v) is 8.36. The molecule has 200 valence electrons. The van der Waals surface area contributed by atoms with E-state index >= 15 is 0 Å². The highest BCUT2D eigenvalue weighted by Crippen LogP contribution is 2.45. The lowest BCUT2D eigenvalue weighted by Gasteiger charge is -2.18. The van der Waals surface area contributed by atoms with Gasteiger partial charge >= 0.3 is 12.1 Å². The highest BCUT2D eigenvalue weighted by Gasteiger charge is 2.31. The summed E-state index contributed by atoms with van der Waals surface area (Å²) in [5, 5.41) is 19.3. The van der Waals surface area contributed by atoms with Crippen molar-refractivity contribution in [1.82, 2.24) is 10.3 Å². The molecule has 0 fully saturated rings. The number of hydrogen-bond acceptors (Lipinski definition) is 5. The van der Waals surface area contributed by atoms with E-state index in [1.54, 1.807) is 6.20 Å². The van der Waals surface area contributed by atoms with Gasteiger partial charge in [0.2, 0.25) is 0 Å². The van der Waals surface area contributed by atoms with Crippen LogP contribution in [-0.2, 0) is 16.0 Å². The number of ether oxygens (including phenoxy) is 1. The van der Waals surface area contributed by atoms with E-state index in [1.807, 2.05) is 60.7 Å². The Morgan fingerprint density at radius 3 is 2.20 bits per heavy atom. The Balaban J connectivity index is 1.36. The first-order valence-electron chi connectivity index (χ1n) is 12.0. The molecule has 5 rings (SSSR count). The molecule has 0 spiro atoms. The number of rotatable bonds is 6. The van der Waals surface area contributed by atoms with E-state index in [9.17, 15) is 14.7 Å². The van der Waals surface area contributed by atoms with E-state index in [4.69, 9.17) is 4.74 Å². The SMILES string of the molecule is O=C(N[C@@H](Cc1c[nH]c2ccccc12)C(=O)O)OCC1c2cc(C#CSI)ccc2-c2ccc(C#CSI)cc21. The van der Waals surface area contributed by atoms with Crippen LogP contribution >= 0.6 is 60.3 Å². The summed E-state index contributed by atoms with van der Waals surface area (Å²) in [5.41, 5.74) is 7.59. The van der Waals surface area contributed by atoms with Gasteiger partial charge in [0.25, 0.3) is 0 Å². The molecule has 0 saturated carbocycles. The minimum atomic E-state index is -1.14. The number of para-hydroxylation sites is 1. The molecular weight excluding hydrogens is 770 g/mol. The molecule has 0 bridgehead atoms. The number of carboxylic acids is 1. The highest BCUT2D eigenvalue weighted by atomic mass is 127. The molecule has 0 unspecified atom stereocenters. The first-order chi connectivity index (χ1) is 19.5. The summed E-state index contributed by atoms with van der Waals surface area (Å²) in [6, 6.07) is 18.6. The molecule has 0 saturated heterocycles. The fourth-order valence-electron chi connectivity index (χ4n) is 4.92. The van der Waals surface area contributed by atoms with Crippen molar-refractivity contribution in [3.8, 4) is 33.5 Å². The number of carboxylic acid groups (broad SMARTS) is 1. The Bertz CT molecular complexity index is 1660. The molecule has 1 aliphatic rings. The maximum Gasteiger partial charge on any atom is 0.407 e. The van der Waals surface area contributed by atoms with Gasteiger partial charge in [0.15, 0.2) is 0 Å². The number of H-pyrrole nitrogens is 1. The van der Waals surface area contributed by atoms with Crippen LogP contribution in [0.1, 0.15) is 33.7 Å². The summed E-state index contributed by atoms with van der Waals surface area (Å²) in [6.45, 7) is 0.0427. The van der Waals surface area contributed by atoms with Crippen molar-refractivity contribution in [2.75, 3.05) is 6.61 Å². The van der Waals surface area contributed by atoms with E-state index in [-0.39, 0.29) is 18.9 Å². The molecule has 1 aliphatic carbocycles. The largest absolute Gasteiger partial charge is 0.480 e. The van der Waals surface area contributed by atoms with Gasteiger partial charge in [-0.25, -0.2) is 9.59 Å². The topological polar surface area (TPSA) is 91.4 Å². The molecular formula is C30H20I2N2O4S2. The number of carbonyl (C=O) groups is 2. The molecule has 4 aromatic rings. The minimum absolute atomic E-state index is 0.0427. The Kier molecular flexibility index (Phi) is 9.52. The second kappa shape index (κ2) is 13.3. The Morgan fingerprint density at radius 2 is 1.60 bits per heavy atom. The van der Waals surface area contributed by atoms with Gasteiger partial charge in [-0.1, -0.05) is 42.2 Å². The zero-order valence-corrected chi connectivity index (χ0v) is 26.6. The summed E-state index contributed by atoms with van der Waals surface area (Å²) in [7, 11) is 2.83. The summed E-state index contributed by atoms with van der Waals surface area (Å²) in [4.78, 5) is 28.1. The van der Waals surface area contributed by atoms with Gasteiger partial charge < -0.3 is 20.1 Å². The van der Waals surface area contributed by atoms with Crippen molar-refractivity contribution in [1.29, 1.82) is 0 Å². The van der Waals surface area contributed by atoms with Gasteiger partial charge in [0, 0.05) is 83.0 Å². The number of carbonyl (C=O) groups excluding carboxylic acids is 1. The highest BCUT2D eigenvalue weighted by molar-refractivity contribution is 14.2. The predicted octanol–water partition coefficient (Wildman–Crippen LogP) is 7.49. The summed E-state index contributed by atoms with van der Waals surface area (Å²) >= 11 is 4.27. The molecule has 1 atom stereocenters. The van der Waals surface area contributed by atoms with Gasteiger partial charge in [0.05, 0.1) is 0 Å². The number of benzene rings is 3. The van der Waals surface area contributed by atoms with Crippen molar-refractivity contribution in [3.63, 3.8) is 0 Å². The van der Waals surface area contributed by atoms with Crippen molar-refractivity contribution < 1.29 is 19.4 Å². The van der Waals surface area contributed by atoms with Crippen LogP contribution in [0.3, 0.4) is 0 Å². The number of alkyl carbamates (subject to hydrolysis) is 1. The summed E-state index contributed by atoms with van der Waals surface area (Å²) in [6.07, 6.45) is 1.11. The molecule has 0 radical (unpaired) electrons. The minimum Gasteiger partial charge on any atom is -0.480 e. The predicted molar refractivity (Wildman–Crippen MR) is 179 cm³/mol. The number of hydrogen-bond donors (Lipinski definition) is 3. The molecule has 40 heavy (non-hydrogen) atoms. The van der Waals surface area contributed by atoms with Gasteiger partial charge in [-0.05, 0) is 86.5 Å². The van der Waals surface area contributed by atoms with Crippen LogP contribution in [0.15, 0.2) is 66.9 Å². The number of aromatic nitrogens is 1. The third kappa shape index (κ3) is 6.41. The van der Waals surface area contributed by atoms with Gasteiger partial charge in [-0.3, -0.25) is 0 Å². The normalized spacial score (nSPS) is 12.3. The number of amides is 1. The van der Waals surface area contributed by atoms with E-state index < -0.39 is 18.1 Å². The zero-order valence-electron chi connectivity index (χ0n) is 20.7. The summed E-state index contributed by atoms with van der Waals surface area (Å²) in [5.74, 6) is 4.91. The number of aliphatic carboxylic acids is 1. The van der Waals surface area contributed by atoms with Crippen LogP contribution in [0.5, 0.6) is 0 Å². The zero-order chi connectivity index (χ0) is 28.1. The molecule has 1 aromatic heterocycles. The Hall–Kier alpha value is -2.78.